The molecule has 2 aromatic carbocycles. The van der Waals surface area contributed by atoms with Crippen LogP contribution in [0.5, 0.6) is 5.75 Å². The highest BCUT2D eigenvalue weighted by Gasteiger charge is 2.17. The fraction of sp³-hybridized carbons (Fsp3) is 0.381. The molecule has 0 aliphatic heterocycles. The van der Waals surface area contributed by atoms with E-state index < -0.39 is 0 Å². The van der Waals surface area contributed by atoms with Crippen LogP contribution in [0.3, 0.4) is 0 Å². The molecule has 4 heteroatoms. The lowest BCUT2D eigenvalue weighted by molar-refractivity contribution is -0.125. The third kappa shape index (κ3) is 6.24. The number of carbonyl (C=O) groups excluding carboxylic acids is 1. The molecule has 0 radical (unpaired) electrons. The summed E-state index contributed by atoms with van der Waals surface area (Å²) in [5.74, 6) is 0.892. The Kier molecular flexibility index (Phi) is 7.02. The molecule has 0 saturated carbocycles. The first-order valence-electron chi connectivity index (χ1n) is 8.68. The lowest BCUT2D eigenvalue weighted by Gasteiger charge is -2.24. The molecule has 1 unspecified atom stereocenters. The van der Waals surface area contributed by atoms with Crippen molar-refractivity contribution in [1.29, 1.82) is 0 Å². The van der Waals surface area contributed by atoms with E-state index in [-0.39, 0.29) is 11.9 Å². The standard InChI is InChI=1S/C21H28N2O2/c1-16-8-10-19(11-9-16)15-22-21(24)18(3)23(4)12-13-25-20-7-5-6-17(2)14-20/h5-11,14,18H,12-13,15H2,1-4H3,(H,22,24). The van der Waals surface area contributed by atoms with E-state index in [9.17, 15) is 4.79 Å². The number of hydrogen-bond acceptors (Lipinski definition) is 3. The van der Waals surface area contributed by atoms with Crippen LogP contribution in [0.2, 0.25) is 0 Å². The molecule has 2 aromatic rings. The van der Waals surface area contributed by atoms with E-state index in [4.69, 9.17) is 4.74 Å². The molecule has 0 fully saturated rings. The molecule has 1 N–H and O–H groups in total. The van der Waals surface area contributed by atoms with Crippen LogP contribution in [-0.2, 0) is 11.3 Å². The van der Waals surface area contributed by atoms with Crippen LogP contribution in [0.1, 0.15) is 23.6 Å². The molecular formula is C21H28N2O2. The van der Waals surface area contributed by atoms with Crippen molar-refractivity contribution in [2.75, 3.05) is 20.2 Å². The summed E-state index contributed by atoms with van der Waals surface area (Å²) in [6.07, 6.45) is 0. The van der Waals surface area contributed by atoms with E-state index >= 15 is 0 Å². The van der Waals surface area contributed by atoms with Crippen LogP contribution in [0.25, 0.3) is 0 Å². The van der Waals surface area contributed by atoms with Crippen molar-refractivity contribution in [3.8, 4) is 5.75 Å². The average molecular weight is 340 g/mol. The lowest BCUT2D eigenvalue weighted by Crippen LogP contribution is -2.44. The van der Waals surface area contributed by atoms with Crippen molar-refractivity contribution in [3.63, 3.8) is 0 Å². The zero-order valence-corrected chi connectivity index (χ0v) is 15.6. The Morgan fingerprint density at radius 2 is 1.84 bits per heavy atom. The Hall–Kier alpha value is -2.33. The summed E-state index contributed by atoms with van der Waals surface area (Å²) in [6, 6.07) is 16.0. The third-order valence-electron chi connectivity index (χ3n) is 4.33. The van der Waals surface area contributed by atoms with Crippen molar-refractivity contribution in [2.24, 2.45) is 0 Å². The number of nitrogens with zero attached hydrogens (tertiary/aromatic N) is 1. The second-order valence-electron chi connectivity index (χ2n) is 6.52. The number of likely N-dealkylation sites (N-methyl/N-ethyl adjacent to an activating group) is 1. The number of aryl methyl sites for hydroxylation is 2. The van der Waals surface area contributed by atoms with Gasteiger partial charge in [-0.3, -0.25) is 9.69 Å². The van der Waals surface area contributed by atoms with E-state index in [1.165, 1.54) is 11.1 Å². The van der Waals surface area contributed by atoms with E-state index in [1.807, 2.05) is 62.2 Å². The predicted molar refractivity (Wildman–Crippen MR) is 102 cm³/mol. The highest BCUT2D eigenvalue weighted by atomic mass is 16.5. The minimum atomic E-state index is -0.202. The van der Waals surface area contributed by atoms with Gasteiger partial charge in [0.2, 0.25) is 5.91 Å². The van der Waals surface area contributed by atoms with Gasteiger partial charge in [-0.15, -0.1) is 0 Å². The maximum absolute atomic E-state index is 12.3. The van der Waals surface area contributed by atoms with Crippen molar-refractivity contribution < 1.29 is 9.53 Å². The molecule has 0 aliphatic rings. The van der Waals surface area contributed by atoms with E-state index in [0.717, 1.165) is 11.3 Å². The van der Waals surface area contributed by atoms with Gasteiger partial charge in [-0.05, 0) is 51.1 Å². The molecule has 1 atom stereocenters. The maximum atomic E-state index is 12.3. The van der Waals surface area contributed by atoms with Crippen LogP contribution >= 0.6 is 0 Å². The van der Waals surface area contributed by atoms with Gasteiger partial charge in [-0.2, -0.15) is 0 Å². The monoisotopic (exact) mass is 340 g/mol. The molecule has 0 aromatic heterocycles. The molecule has 0 heterocycles. The second kappa shape index (κ2) is 9.23. The summed E-state index contributed by atoms with van der Waals surface area (Å²) in [6.45, 7) is 7.80. The van der Waals surface area contributed by atoms with E-state index in [0.29, 0.717) is 19.7 Å². The van der Waals surface area contributed by atoms with Crippen LogP contribution in [0, 0.1) is 13.8 Å². The fourth-order valence-electron chi connectivity index (χ4n) is 2.45. The van der Waals surface area contributed by atoms with E-state index in [1.54, 1.807) is 0 Å². The number of hydrogen-bond donors (Lipinski definition) is 1. The second-order valence-corrected chi connectivity index (χ2v) is 6.52. The Labute approximate surface area is 150 Å². The zero-order chi connectivity index (χ0) is 18.2. The van der Waals surface area contributed by atoms with Gasteiger partial charge in [0.05, 0.1) is 6.04 Å². The molecule has 4 nitrogen and oxygen atoms in total. The quantitative estimate of drug-likeness (QED) is 0.801. The van der Waals surface area contributed by atoms with Crippen LogP contribution in [0.4, 0.5) is 0 Å². The molecule has 25 heavy (non-hydrogen) atoms. The first-order valence-corrected chi connectivity index (χ1v) is 8.68. The minimum Gasteiger partial charge on any atom is -0.492 e. The summed E-state index contributed by atoms with van der Waals surface area (Å²) in [5, 5.41) is 2.99. The largest absolute Gasteiger partial charge is 0.492 e. The number of rotatable bonds is 8. The smallest absolute Gasteiger partial charge is 0.237 e. The van der Waals surface area contributed by atoms with Crippen molar-refractivity contribution in [3.05, 3.63) is 65.2 Å². The number of benzene rings is 2. The van der Waals surface area contributed by atoms with Gasteiger partial charge in [0.15, 0.2) is 0 Å². The van der Waals surface area contributed by atoms with Crippen molar-refractivity contribution in [1.82, 2.24) is 10.2 Å². The van der Waals surface area contributed by atoms with Crippen molar-refractivity contribution >= 4 is 5.91 Å². The van der Waals surface area contributed by atoms with Gasteiger partial charge < -0.3 is 10.1 Å². The first-order chi connectivity index (χ1) is 12.0. The Bertz CT molecular complexity index is 683. The molecule has 0 bridgehead atoms. The van der Waals surface area contributed by atoms with E-state index in [2.05, 4.69) is 24.4 Å². The van der Waals surface area contributed by atoms with Crippen LogP contribution in [0.15, 0.2) is 48.5 Å². The van der Waals surface area contributed by atoms with Gasteiger partial charge in [0.1, 0.15) is 12.4 Å². The summed E-state index contributed by atoms with van der Waals surface area (Å²) in [5.41, 5.74) is 3.50. The molecule has 2 rings (SSSR count). The molecule has 0 aliphatic carbocycles. The summed E-state index contributed by atoms with van der Waals surface area (Å²) < 4.78 is 5.75. The number of nitrogens with one attached hydrogen (secondary N) is 1. The summed E-state index contributed by atoms with van der Waals surface area (Å²) >= 11 is 0. The number of amides is 1. The maximum Gasteiger partial charge on any atom is 0.237 e. The summed E-state index contributed by atoms with van der Waals surface area (Å²) in [7, 11) is 1.94. The highest BCUT2D eigenvalue weighted by Crippen LogP contribution is 2.12. The first kappa shape index (κ1) is 19.0. The fourth-order valence-corrected chi connectivity index (χ4v) is 2.45. The molecule has 1 amide bonds. The lowest BCUT2D eigenvalue weighted by atomic mass is 10.1. The summed E-state index contributed by atoms with van der Waals surface area (Å²) in [4.78, 5) is 14.3. The van der Waals surface area contributed by atoms with Gasteiger partial charge in [-0.1, -0.05) is 42.0 Å². The van der Waals surface area contributed by atoms with Crippen LogP contribution < -0.4 is 10.1 Å². The number of carbonyl (C=O) groups is 1. The zero-order valence-electron chi connectivity index (χ0n) is 15.6. The Balaban J connectivity index is 1.73. The van der Waals surface area contributed by atoms with Gasteiger partial charge >= 0.3 is 0 Å². The van der Waals surface area contributed by atoms with Crippen molar-refractivity contribution in [2.45, 2.75) is 33.4 Å². The molecule has 134 valence electrons. The molecular weight excluding hydrogens is 312 g/mol. The topological polar surface area (TPSA) is 41.6 Å². The molecule has 0 saturated heterocycles. The Morgan fingerprint density at radius 3 is 2.52 bits per heavy atom. The van der Waals surface area contributed by atoms with Crippen LogP contribution in [-0.4, -0.2) is 37.0 Å². The van der Waals surface area contributed by atoms with Gasteiger partial charge in [0.25, 0.3) is 0 Å². The average Bonchev–Trinajstić information content (AvgIpc) is 2.60. The normalized spacial score (nSPS) is 12.0. The number of ether oxygens (including phenoxy) is 1. The SMILES string of the molecule is Cc1ccc(CNC(=O)C(C)N(C)CCOc2cccc(C)c2)cc1. The van der Waals surface area contributed by atoms with Gasteiger partial charge in [-0.25, -0.2) is 0 Å². The van der Waals surface area contributed by atoms with Gasteiger partial charge in [0, 0.05) is 13.1 Å². The molecule has 0 spiro atoms. The predicted octanol–water partition coefficient (Wildman–Crippen LogP) is 3.32. The third-order valence-corrected chi connectivity index (χ3v) is 4.33. The Morgan fingerprint density at radius 1 is 1.12 bits per heavy atom. The minimum absolute atomic E-state index is 0.0265. The highest BCUT2D eigenvalue weighted by molar-refractivity contribution is 5.81.